The van der Waals surface area contributed by atoms with Gasteiger partial charge in [0.1, 0.15) is 34.8 Å². The van der Waals surface area contributed by atoms with Crippen LogP contribution in [0.2, 0.25) is 5.15 Å². The molecule has 6 N–H and O–H groups in total. The summed E-state index contributed by atoms with van der Waals surface area (Å²) >= 11 is 15.2. The standard InChI is InChI=1S/C21H21F3N4O2S.C17H26N2O4S.C12H18N2O2S.C11H22N2O2.C9H4ClF3N2.C6H5ClO2S.C6H15N.CH2Cl2/c22-21(23,24)16-8-9-19-18(11-16)20(26-14-25-19)28-10-4-5-15(13-28)12-27-31(29,30)17-6-2-1-3-7-17;1-17(2,3)23-16(20)19-11-7-8-14(13-19)12-18-24(21,22)15-9-5-4-6-10-15;15-17(16,12-6-2-1-3-7-12)14-10-11-5-4-8-13-9-11;1-11(2,3)15-10(14)13-6-4-5-9(7-12)8-13;10-8-6-3-5(9(11,12)13)1-2-7(6)14-4-15-8;7-10(8,9)6-4-2-1-3-5-6;1-4-7(5-2)6-3;2-1-3/h1-3,6-9,11,14-15,27H,4-5,10,12-13H2;4-6,9-10,14,18H,7-8,11-13H2,1-3H3;1-3,6-7,11,13-14H,4-5,8-10H2;9H,4-8,12H2,1-3H3;1-4H;1-5H;4-6H2,1-3H3;1H2. The highest BCUT2D eigenvalue weighted by molar-refractivity contribution is 8.13. The first-order valence-corrected chi connectivity index (χ1v) is 48.0. The van der Waals surface area contributed by atoms with Gasteiger partial charge in [-0.15, -0.1) is 23.2 Å². The number of hydrogen-bond donors (Lipinski definition) is 5. The van der Waals surface area contributed by atoms with Crippen LogP contribution in [0.4, 0.5) is 41.7 Å². The number of benzene rings is 6. The number of ether oxygens (including phenoxy) is 2. The second-order valence-corrected chi connectivity index (χ2v) is 39.6. The number of nitrogens with two attached hydrogens (primary N) is 1. The summed E-state index contributed by atoms with van der Waals surface area (Å²) in [6, 6.07) is 39.4. The summed E-state index contributed by atoms with van der Waals surface area (Å²) in [5.41, 5.74) is 3.99. The van der Waals surface area contributed by atoms with Gasteiger partial charge in [-0.25, -0.2) is 77.4 Å². The summed E-state index contributed by atoms with van der Waals surface area (Å²) in [4.78, 5) is 48.3. The van der Waals surface area contributed by atoms with Crippen molar-refractivity contribution >= 4 is 124 Å². The molecule has 4 atom stereocenters. The van der Waals surface area contributed by atoms with Gasteiger partial charge in [0.2, 0.25) is 30.1 Å². The molecule has 4 unspecified atom stereocenters. The van der Waals surface area contributed by atoms with Gasteiger partial charge >= 0.3 is 24.5 Å². The number of anilines is 1. The monoisotopic (exact) mass is 1870 g/mol. The lowest BCUT2D eigenvalue weighted by molar-refractivity contribution is -0.138. The number of nitrogens with zero attached hydrogens (tertiary/aromatic N) is 8. The molecule has 0 aliphatic carbocycles. The van der Waals surface area contributed by atoms with Crippen LogP contribution in [0.25, 0.3) is 21.8 Å². The lowest BCUT2D eigenvalue weighted by Gasteiger charge is -2.34. The number of sulfonamides is 3. The van der Waals surface area contributed by atoms with Crippen molar-refractivity contribution in [1.29, 1.82) is 0 Å². The number of carbonyl (C=O) groups excluding carboxylic acids is 2. The van der Waals surface area contributed by atoms with Crippen molar-refractivity contribution in [2.24, 2.45) is 29.4 Å². The molecule has 0 spiro atoms. The van der Waals surface area contributed by atoms with E-state index in [9.17, 15) is 69.6 Å². The Morgan fingerprint density at radius 1 is 0.500 bits per heavy atom. The molecule has 0 bridgehead atoms. The first-order valence-electron chi connectivity index (χ1n) is 39.8. The lowest BCUT2D eigenvalue weighted by Crippen LogP contribution is -2.45. The van der Waals surface area contributed by atoms with Crippen LogP contribution in [0, 0.1) is 23.7 Å². The van der Waals surface area contributed by atoms with Gasteiger partial charge in [0.25, 0.3) is 9.05 Å². The maximum absolute atomic E-state index is 13.2. The molecule has 4 fully saturated rings. The molecule has 39 heteroatoms. The van der Waals surface area contributed by atoms with Gasteiger partial charge in [-0.1, -0.05) is 105 Å². The van der Waals surface area contributed by atoms with Crippen LogP contribution in [0.15, 0.2) is 190 Å². The Morgan fingerprint density at radius 3 is 1.23 bits per heavy atom. The first-order chi connectivity index (χ1) is 57.4. The fourth-order valence-electron chi connectivity index (χ4n) is 12.7. The van der Waals surface area contributed by atoms with Crippen molar-refractivity contribution in [3.8, 4) is 0 Å². The molecule has 0 radical (unpaired) electrons. The number of piperidine rings is 4. The van der Waals surface area contributed by atoms with Gasteiger partial charge in [0.05, 0.1) is 47.1 Å². The predicted octanol–water partition coefficient (Wildman–Crippen LogP) is 16.7. The van der Waals surface area contributed by atoms with Gasteiger partial charge < -0.3 is 40.1 Å². The zero-order valence-corrected chi connectivity index (χ0v) is 76.2. The Hall–Kier alpha value is -7.36. The van der Waals surface area contributed by atoms with Crippen LogP contribution in [-0.2, 0) is 60.9 Å². The van der Waals surface area contributed by atoms with E-state index in [1.54, 1.807) is 101 Å². The van der Waals surface area contributed by atoms with E-state index in [1.807, 2.05) is 52.5 Å². The predicted molar refractivity (Wildman–Crippen MR) is 469 cm³/mol. The molecule has 6 aromatic carbocycles. The molecule has 676 valence electrons. The number of alkyl halides is 8. The van der Waals surface area contributed by atoms with E-state index in [1.165, 1.54) is 68.7 Å². The highest BCUT2D eigenvalue weighted by Gasteiger charge is 2.35. The highest BCUT2D eigenvalue weighted by Crippen LogP contribution is 2.36. The third-order valence-corrected chi connectivity index (χ3v) is 25.0. The number of aromatic nitrogens is 4. The Balaban J connectivity index is 0.000000262. The minimum Gasteiger partial charge on any atom is -0.444 e. The van der Waals surface area contributed by atoms with Crippen LogP contribution in [0.3, 0.4) is 0 Å². The van der Waals surface area contributed by atoms with Crippen LogP contribution in [0.5, 0.6) is 0 Å². The number of rotatable bonds is 18. The number of likely N-dealkylation sites (tertiary alicyclic amines) is 2. The molecular formula is C83H113Cl4F6N13O12S4. The minimum absolute atomic E-state index is 0.00283. The number of amides is 2. The fraction of sp³-hybridized carbons (Fsp3) is 0.494. The first kappa shape index (κ1) is 105. The van der Waals surface area contributed by atoms with Crippen molar-refractivity contribution in [2.75, 3.05) is 108 Å². The lowest BCUT2D eigenvalue weighted by atomic mass is 9.98. The third kappa shape index (κ3) is 37.8. The molecule has 4 aliphatic heterocycles. The molecule has 4 aliphatic rings. The normalized spacial score (nSPS) is 17.2. The average molecular weight is 1870 g/mol. The van der Waals surface area contributed by atoms with E-state index in [2.05, 4.69) is 65.1 Å². The van der Waals surface area contributed by atoms with Crippen molar-refractivity contribution in [1.82, 2.24) is 54.1 Å². The number of halogens is 10. The maximum atomic E-state index is 13.2. The summed E-state index contributed by atoms with van der Waals surface area (Å²) in [7, 11) is -8.97. The van der Waals surface area contributed by atoms with E-state index in [4.69, 9.17) is 60.7 Å². The van der Waals surface area contributed by atoms with Gasteiger partial charge in [-0.05, 0) is 241 Å². The summed E-state index contributed by atoms with van der Waals surface area (Å²) in [6.07, 6.45) is 0.845. The van der Waals surface area contributed by atoms with E-state index >= 15 is 0 Å². The number of carbonyl (C=O) groups is 2. The Kier molecular flexibility index (Phi) is 43.7. The second-order valence-electron chi connectivity index (χ2n) is 30.6. The Labute approximate surface area is 733 Å². The zero-order chi connectivity index (χ0) is 90.5. The molecule has 0 saturated carbocycles. The number of hydrogen-bond acceptors (Lipinski definition) is 20. The number of fused-ring (bicyclic) bond motifs is 2. The zero-order valence-electron chi connectivity index (χ0n) is 69.9. The fourth-order valence-corrected chi connectivity index (χ4v) is 17.1. The van der Waals surface area contributed by atoms with Gasteiger partial charge in [0, 0.05) is 80.4 Å². The van der Waals surface area contributed by atoms with Crippen molar-refractivity contribution in [3.05, 3.63) is 187 Å². The average Bonchev–Trinajstić information content (AvgIpc) is 0.784. The molecule has 122 heavy (non-hydrogen) atoms. The Morgan fingerprint density at radius 2 is 0.861 bits per heavy atom. The van der Waals surface area contributed by atoms with E-state index in [0.717, 1.165) is 102 Å². The van der Waals surface area contributed by atoms with Gasteiger partial charge in [-0.3, -0.25) is 0 Å². The SMILES string of the molecule is CC(C)(C)OC(=O)N1CCCC(CN)C1.CC(C)(C)OC(=O)N1CCCC(CNS(=O)(=O)c2ccccc2)C1.CCN(CC)CC.ClCCl.FC(F)(F)c1ccc2ncnc(Cl)c2c1.O=S(=O)(Cl)c1ccccc1.O=S(=O)(NCC1CCCN(c2ncnc3ccc(C(F)(F)F)cc23)C1)c1ccccc1.O=S(=O)(NCC1CCCNC1)c1ccccc1. The van der Waals surface area contributed by atoms with E-state index in [-0.39, 0.29) is 61.1 Å². The van der Waals surface area contributed by atoms with Crippen LogP contribution >= 0.6 is 45.5 Å². The molecule has 4 saturated heterocycles. The molecule has 8 aromatic rings. The van der Waals surface area contributed by atoms with Crippen molar-refractivity contribution in [3.63, 3.8) is 0 Å². The summed E-state index contributed by atoms with van der Waals surface area (Å²) in [5, 5.41) is 4.03. The van der Waals surface area contributed by atoms with Crippen molar-refractivity contribution < 1.29 is 79.1 Å². The third-order valence-electron chi connectivity index (χ3n) is 19.0. The summed E-state index contributed by atoms with van der Waals surface area (Å²) in [5.74, 6) is 1.37. The van der Waals surface area contributed by atoms with Crippen molar-refractivity contribution in [2.45, 2.75) is 157 Å². The molecular weight excluding hydrogens is 1760 g/mol. The maximum Gasteiger partial charge on any atom is 0.416 e. The minimum atomic E-state index is -4.46. The van der Waals surface area contributed by atoms with Crippen LogP contribution < -0.4 is 30.1 Å². The summed E-state index contributed by atoms with van der Waals surface area (Å²) < 4.78 is 190. The molecule has 2 amide bonds. The molecule has 25 nitrogen and oxygen atoms in total. The summed E-state index contributed by atoms with van der Waals surface area (Å²) in [6.45, 7) is 28.8. The van der Waals surface area contributed by atoms with E-state index in [0.29, 0.717) is 84.8 Å². The quantitative estimate of drug-likeness (QED) is 0.0231. The molecule has 12 rings (SSSR count). The topological polar surface area (TPSA) is 328 Å². The second kappa shape index (κ2) is 50.7. The van der Waals surface area contributed by atoms with Crippen LogP contribution in [0.1, 0.15) is 125 Å². The highest BCUT2D eigenvalue weighted by atomic mass is 35.7. The van der Waals surface area contributed by atoms with Gasteiger partial charge in [-0.2, -0.15) is 26.3 Å². The van der Waals surface area contributed by atoms with Gasteiger partial charge in [0.15, 0.2) is 0 Å². The Bertz CT molecular complexity index is 4940. The van der Waals surface area contributed by atoms with Crippen LogP contribution in [-0.4, -0.2) is 195 Å². The smallest absolute Gasteiger partial charge is 0.416 e. The number of nitrogens with one attached hydrogen (secondary N) is 4. The molecule has 6 heterocycles. The molecule has 2 aromatic heterocycles. The van der Waals surface area contributed by atoms with E-state index < -0.39 is 73.8 Å². The largest absolute Gasteiger partial charge is 0.444 e.